The lowest BCUT2D eigenvalue weighted by Crippen LogP contribution is -2.21. The number of methoxy groups -OCH3 is 1. The van der Waals surface area contributed by atoms with Crippen LogP contribution in [-0.2, 0) is 10.3 Å². The Bertz CT molecular complexity index is 216. The van der Waals surface area contributed by atoms with Gasteiger partial charge in [0.25, 0.3) is 0 Å². The normalized spacial score (nSPS) is 15.9. The lowest BCUT2D eigenvalue weighted by Gasteiger charge is -2.20. The molecular formula is C9H14O2S. The lowest BCUT2D eigenvalue weighted by molar-refractivity contribution is 0.0242. The predicted octanol–water partition coefficient (Wildman–Crippen LogP) is 1.99. The maximum atomic E-state index is 9.94. The molecule has 1 heterocycles. The first kappa shape index (κ1) is 9.71. The van der Waals surface area contributed by atoms with Crippen LogP contribution in [0.4, 0.5) is 0 Å². The highest BCUT2D eigenvalue weighted by Crippen LogP contribution is 2.27. The fourth-order valence-electron chi connectivity index (χ4n) is 1.01. The van der Waals surface area contributed by atoms with E-state index in [1.165, 1.54) is 0 Å². The van der Waals surface area contributed by atoms with E-state index < -0.39 is 5.60 Å². The van der Waals surface area contributed by atoms with Gasteiger partial charge in [-0.1, -0.05) is 6.07 Å². The summed E-state index contributed by atoms with van der Waals surface area (Å²) in [6.07, 6.45) is 0.643. The molecule has 1 aromatic heterocycles. The smallest absolute Gasteiger partial charge is 0.0981 e. The third-order valence-corrected chi connectivity index (χ3v) is 2.97. The minimum atomic E-state index is -0.732. The van der Waals surface area contributed by atoms with Crippen LogP contribution >= 0.6 is 11.3 Å². The second kappa shape index (κ2) is 4.03. The lowest BCUT2D eigenvalue weighted by atomic mass is 10.0. The molecule has 3 heteroatoms. The van der Waals surface area contributed by atoms with Gasteiger partial charge in [-0.2, -0.15) is 0 Å². The Balaban J connectivity index is 2.59. The summed E-state index contributed by atoms with van der Waals surface area (Å²) < 4.78 is 4.92. The zero-order valence-electron chi connectivity index (χ0n) is 7.41. The average molecular weight is 186 g/mol. The van der Waals surface area contributed by atoms with Gasteiger partial charge in [0.05, 0.1) is 5.60 Å². The molecule has 12 heavy (non-hydrogen) atoms. The number of hydrogen-bond acceptors (Lipinski definition) is 3. The number of ether oxygens (including phenoxy) is 1. The Morgan fingerprint density at radius 1 is 1.67 bits per heavy atom. The first-order valence-electron chi connectivity index (χ1n) is 3.92. The fraction of sp³-hybridized carbons (Fsp3) is 0.556. The van der Waals surface area contributed by atoms with Crippen LogP contribution in [0.3, 0.4) is 0 Å². The second-order valence-corrected chi connectivity index (χ2v) is 3.94. The zero-order chi connectivity index (χ0) is 9.03. The van der Waals surface area contributed by atoms with Gasteiger partial charge in [0, 0.05) is 25.0 Å². The van der Waals surface area contributed by atoms with Crippen molar-refractivity contribution in [2.24, 2.45) is 0 Å². The standard InChI is InChI=1S/C9H14O2S/c1-9(10,5-6-11-2)8-4-3-7-12-8/h3-4,7,10H,5-6H2,1-2H3. The van der Waals surface area contributed by atoms with Gasteiger partial charge in [0.1, 0.15) is 0 Å². The predicted molar refractivity (Wildman–Crippen MR) is 50.4 cm³/mol. The van der Waals surface area contributed by atoms with Crippen LogP contribution in [-0.4, -0.2) is 18.8 Å². The molecule has 0 radical (unpaired) electrons. The van der Waals surface area contributed by atoms with E-state index >= 15 is 0 Å². The highest BCUT2D eigenvalue weighted by molar-refractivity contribution is 7.10. The molecule has 0 amide bonds. The van der Waals surface area contributed by atoms with Crippen molar-refractivity contribution in [3.05, 3.63) is 22.4 Å². The molecule has 0 aromatic carbocycles. The molecule has 1 aromatic rings. The van der Waals surface area contributed by atoms with Gasteiger partial charge < -0.3 is 9.84 Å². The topological polar surface area (TPSA) is 29.5 Å². The molecule has 0 aliphatic heterocycles. The fourth-order valence-corrected chi connectivity index (χ4v) is 1.83. The molecule has 1 N–H and O–H groups in total. The number of thiophene rings is 1. The van der Waals surface area contributed by atoms with Crippen molar-refractivity contribution in [3.63, 3.8) is 0 Å². The molecule has 0 aliphatic carbocycles. The molecule has 0 spiro atoms. The maximum absolute atomic E-state index is 9.94. The van der Waals surface area contributed by atoms with Crippen molar-refractivity contribution in [1.82, 2.24) is 0 Å². The molecule has 68 valence electrons. The SMILES string of the molecule is COCCC(C)(O)c1cccs1. The van der Waals surface area contributed by atoms with Gasteiger partial charge >= 0.3 is 0 Å². The van der Waals surface area contributed by atoms with E-state index in [9.17, 15) is 5.11 Å². The van der Waals surface area contributed by atoms with Crippen LogP contribution in [0.15, 0.2) is 17.5 Å². The molecular weight excluding hydrogens is 172 g/mol. The highest BCUT2D eigenvalue weighted by atomic mass is 32.1. The minimum absolute atomic E-state index is 0.588. The van der Waals surface area contributed by atoms with Gasteiger partial charge in [0.2, 0.25) is 0 Å². The summed E-state index contributed by atoms with van der Waals surface area (Å²) in [5.41, 5.74) is -0.732. The van der Waals surface area contributed by atoms with Crippen molar-refractivity contribution in [1.29, 1.82) is 0 Å². The summed E-state index contributed by atoms with van der Waals surface area (Å²) in [5, 5.41) is 11.9. The van der Waals surface area contributed by atoms with E-state index in [1.807, 2.05) is 24.4 Å². The molecule has 0 fully saturated rings. The van der Waals surface area contributed by atoms with Gasteiger partial charge in [-0.25, -0.2) is 0 Å². The maximum Gasteiger partial charge on any atom is 0.0981 e. The first-order chi connectivity index (χ1) is 5.67. The zero-order valence-corrected chi connectivity index (χ0v) is 8.23. The minimum Gasteiger partial charge on any atom is -0.385 e. The molecule has 2 nitrogen and oxygen atoms in total. The molecule has 0 saturated carbocycles. The summed E-state index contributed by atoms with van der Waals surface area (Å²) in [4.78, 5) is 1.000. The molecule has 1 atom stereocenters. The summed E-state index contributed by atoms with van der Waals surface area (Å²) in [5.74, 6) is 0. The van der Waals surface area contributed by atoms with E-state index in [4.69, 9.17) is 4.74 Å². The average Bonchev–Trinajstić information content (AvgIpc) is 2.53. The van der Waals surface area contributed by atoms with E-state index in [0.29, 0.717) is 13.0 Å². The molecule has 0 saturated heterocycles. The van der Waals surface area contributed by atoms with Crippen molar-refractivity contribution in [2.45, 2.75) is 18.9 Å². The van der Waals surface area contributed by atoms with E-state index in [2.05, 4.69) is 0 Å². The monoisotopic (exact) mass is 186 g/mol. The second-order valence-electron chi connectivity index (χ2n) is 2.99. The molecule has 1 unspecified atom stereocenters. The Hall–Kier alpha value is -0.380. The number of aliphatic hydroxyl groups is 1. The Kier molecular flexibility index (Phi) is 3.26. The van der Waals surface area contributed by atoms with Gasteiger partial charge in [-0.3, -0.25) is 0 Å². The Morgan fingerprint density at radius 2 is 2.42 bits per heavy atom. The van der Waals surface area contributed by atoms with Crippen molar-refractivity contribution in [2.75, 3.05) is 13.7 Å². The van der Waals surface area contributed by atoms with Crippen molar-refractivity contribution >= 4 is 11.3 Å². The summed E-state index contributed by atoms with van der Waals surface area (Å²) >= 11 is 1.57. The third-order valence-electron chi connectivity index (χ3n) is 1.84. The van der Waals surface area contributed by atoms with E-state index in [0.717, 1.165) is 4.88 Å². The summed E-state index contributed by atoms with van der Waals surface area (Å²) in [6.45, 7) is 2.41. The van der Waals surface area contributed by atoms with Crippen molar-refractivity contribution < 1.29 is 9.84 Å². The largest absolute Gasteiger partial charge is 0.385 e. The van der Waals surface area contributed by atoms with Crippen LogP contribution in [0, 0.1) is 0 Å². The van der Waals surface area contributed by atoms with Crippen LogP contribution in [0.2, 0.25) is 0 Å². The van der Waals surface area contributed by atoms with Gasteiger partial charge in [-0.15, -0.1) is 11.3 Å². The highest BCUT2D eigenvalue weighted by Gasteiger charge is 2.23. The summed E-state index contributed by atoms with van der Waals surface area (Å²) in [7, 11) is 1.64. The van der Waals surface area contributed by atoms with Crippen LogP contribution < -0.4 is 0 Å². The van der Waals surface area contributed by atoms with Gasteiger partial charge in [-0.05, 0) is 18.4 Å². The molecule has 0 bridgehead atoms. The quantitative estimate of drug-likeness (QED) is 0.779. The molecule has 0 aliphatic rings. The van der Waals surface area contributed by atoms with Crippen LogP contribution in [0.1, 0.15) is 18.2 Å². The summed E-state index contributed by atoms with van der Waals surface area (Å²) in [6, 6.07) is 3.89. The first-order valence-corrected chi connectivity index (χ1v) is 4.80. The van der Waals surface area contributed by atoms with E-state index in [-0.39, 0.29) is 0 Å². The Morgan fingerprint density at radius 3 is 2.92 bits per heavy atom. The number of hydrogen-bond donors (Lipinski definition) is 1. The van der Waals surface area contributed by atoms with Crippen LogP contribution in [0.25, 0.3) is 0 Å². The van der Waals surface area contributed by atoms with E-state index in [1.54, 1.807) is 18.4 Å². The third kappa shape index (κ3) is 2.30. The van der Waals surface area contributed by atoms with Crippen LogP contribution in [0.5, 0.6) is 0 Å². The Labute approximate surface area is 76.8 Å². The number of rotatable bonds is 4. The van der Waals surface area contributed by atoms with Crippen molar-refractivity contribution in [3.8, 4) is 0 Å². The van der Waals surface area contributed by atoms with Gasteiger partial charge in [0.15, 0.2) is 0 Å². The molecule has 1 rings (SSSR count).